The lowest BCUT2D eigenvalue weighted by atomic mass is 9.91. The van der Waals surface area contributed by atoms with Crippen LogP contribution in [0.15, 0.2) is 29.2 Å². The summed E-state index contributed by atoms with van der Waals surface area (Å²) in [5.74, 6) is 0.540. The molecule has 0 fully saturated rings. The molecule has 1 rings (SSSR count). The standard InChI is InChI=1S/C16H27NO2S/c1-4-6-7-8-9-14(5-2)15-10-12-16(13-11-15)20(18,19)17-3/h10-14,17H,4-9H2,1-3H3. The maximum absolute atomic E-state index is 11.7. The van der Waals surface area contributed by atoms with Crippen LogP contribution < -0.4 is 4.72 Å². The highest BCUT2D eigenvalue weighted by molar-refractivity contribution is 7.89. The molecule has 0 radical (unpaired) electrons. The SMILES string of the molecule is CCCCCCC(CC)c1ccc(S(=O)(=O)NC)cc1. The van der Waals surface area contributed by atoms with Gasteiger partial charge < -0.3 is 0 Å². The normalized spacial score (nSPS) is 13.3. The highest BCUT2D eigenvalue weighted by Gasteiger charge is 2.13. The Morgan fingerprint density at radius 2 is 1.70 bits per heavy atom. The molecule has 0 amide bonds. The predicted octanol–water partition coefficient (Wildman–Crippen LogP) is 4.06. The fraction of sp³-hybridized carbons (Fsp3) is 0.625. The first-order valence-corrected chi connectivity index (χ1v) is 9.07. The Hall–Kier alpha value is -0.870. The zero-order valence-electron chi connectivity index (χ0n) is 12.9. The molecule has 0 aromatic heterocycles. The Morgan fingerprint density at radius 3 is 2.20 bits per heavy atom. The summed E-state index contributed by atoms with van der Waals surface area (Å²) in [6, 6.07) is 7.32. The largest absolute Gasteiger partial charge is 0.240 e. The number of hydrogen-bond acceptors (Lipinski definition) is 2. The minimum absolute atomic E-state index is 0.338. The predicted molar refractivity (Wildman–Crippen MR) is 84.5 cm³/mol. The van der Waals surface area contributed by atoms with Crippen molar-refractivity contribution in [1.82, 2.24) is 4.72 Å². The first-order chi connectivity index (χ1) is 9.55. The van der Waals surface area contributed by atoms with Gasteiger partial charge in [0.05, 0.1) is 4.90 Å². The van der Waals surface area contributed by atoms with Crippen molar-refractivity contribution in [1.29, 1.82) is 0 Å². The molecule has 0 saturated carbocycles. The van der Waals surface area contributed by atoms with Crippen molar-refractivity contribution in [3.63, 3.8) is 0 Å². The molecule has 0 aliphatic heterocycles. The lowest BCUT2D eigenvalue weighted by Crippen LogP contribution is -2.18. The van der Waals surface area contributed by atoms with Crippen LogP contribution in [-0.4, -0.2) is 15.5 Å². The number of hydrogen-bond donors (Lipinski definition) is 1. The molecule has 0 heterocycles. The molecule has 0 saturated heterocycles. The Balaban J connectivity index is 2.70. The molecule has 1 unspecified atom stereocenters. The Morgan fingerprint density at radius 1 is 1.05 bits per heavy atom. The van der Waals surface area contributed by atoms with Gasteiger partial charge in [-0.2, -0.15) is 0 Å². The number of unbranched alkanes of at least 4 members (excludes halogenated alkanes) is 3. The summed E-state index contributed by atoms with van der Waals surface area (Å²) in [7, 11) is -1.89. The zero-order valence-corrected chi connectivity index (χ0v) is 13.7. The average Bonchev–Trinajstić information content (AvgIpc) is 2.47. The van der Waals surface area contributed by atoms with Gasteiger partial charge in [0, 0.05) is 0 Å². The molecule has 4 heteroatoms. The lowest BCUT2D eigenvalue weighted by Gasteiger charge is -2.15. The fourth-order valence-electron chi connectivity index (χ4n) is 2.46. The third-order valence-electron chi connectivity index (χ3n) is 3.83. The van der Waals surface area contributed by atoms with Gasteiger partial charge in [-0.15, -0.1) is 0 Å². The van der Waals surface area contributed by atoms with E-state index >= 15 is 0 Å². The first kappa shape index (κ1) is 17.2. The Labute approximate surface area is 123 Å². The zero-order chi connectivity index (χ0) is 15.0. The molecular formula is C16H27NO2S. The van der Waals surface area contributed by atoms with Crippen LogP contribution in [-0.2, 0) is 10.0 Å². The van der Waals surface area contributed by atoms with Crippen LogP contribution in [0.3, 0.4) is 0 Å². The first-order valence-electron chi connectivity index (χ1n) is 7.58. The smallest absolute Gasteiger partial charge is 0.214 e. The second kappa shape index (κ2) is 8.42. The summed E-state index contributed by atoms with van der Waals surface area (Å²) in [4.78, 5) is 0.338. The van der Waals surface area contributed by atoms with Crippen LogP contribution in [0.4, 0.5) is 0 Å². The number of nitrogens with one attached hydrogen (secondary N) is 1. The molecule has 3 nitrogen and oxygen atoms in total. The second-order valence-corrected chi connectivity index (χ2v) is 7.12. The molecule has 0 aliphatic rings. The molecule has 1 atom stereocenters. The van der Waals surface area contributed by atoms with Crippen molar-refractivity contribution in [2.75, 3.05) is 7.05 Å². The van der Waals surface area contributed by atoms with E-state index < -0.39 is 10.0 Å². The molecule has 0 aliphatic carbocycles. The van der Waals surface area contributed by atoms with E-state index in [-0.39, 0.29) is 0 Å². The highest BCUT2D eigenvalue weighted by atomic mass is 32.2. The van der Waals surface area contributed by atoms with Crippen LogP contribution in [0.1, 0.15) is 63.9 Å². The Kier molecular flexibility index (Phi) is 7.24. The lowest BCUT2D eigenvalue weighted by molar-refractivity contribution is 0.542. The number of benzene rings is 1. The van der Waals surface area contributed by atoms with Gasteiger partial charge in [0.1, 0.15) is 0 Å². The Bertz CT molecular complexity index is 480. The van der Waals surface area contributed by atoms with Crippen LogP contribution in [0, 0.1) is 0 Å². The maximum Gasteiger partial charge on any atom is 0.240 e. The van der Waals surface area contributed by atoms with Crippen LogP contribution in [0.5, 0.6) is 0 Å². The van der Waals surface area contributed by atoms with Gasteiger partial charge in [0.15, 0.2) is 0 Å². The average molecular weight is 297 g/mol. The van der Waals surface area contributed by atoms with Gasteiger partial charge in [0.25, 0.3) is 0 Å². The molecule has 20 heavy (non-hydrogen) atoms. The summed E-state index contributed by atoms with van der Waals surface area (Å²) in [5, 5.41) is 0. The summed E-state index contributed by atoms with van der Waals surface area (Å²) in [6.07, 6.45) is 7.39. The molecular weight excluding hydrogens is 270 g/mol. The van der Waals surface area contributed by atoms with E-state index in [0.717, 1.165) is 6.42 Å². The minimum Gasteiger partial charge on any atom is -0.214 e. The van der Waals surface area contributed by atoms with Crippen molar-refractivity contribution in [3.05, 3.63) is 29.8 Å². The highest BCUT2D eigenvalue weighted by Crippen LogP contribution is 2.26. The monoisotopic (exact) mass is 297 g/mol. The quantitative estimate of drug-likeness (QED) is 0.699. The van der Waals surface area contributed by atoms with Crippen molar-refractivity contribution in [3.8, 4) is 0 Å². The van der Waals surface area contributed by atoms with E-state index in [9.17, 15) is 8.42 Å². The van der Waals surface area contributed by atoms with Gasteiger partial charge in [-0.3, -0.25) is 0 Å². The van der Waals surface area contributed by atoms with E-state index in [4.69, 9.17) is 0 Å². The topological polar surface area (TPSA) is 46.2 Å². The van der Waals surface area contributed by atoms with Gasteiger partial charge in [0.2, 0.25) is 10.0 Å². The molecule has 114 valence electrons. The molecule has 0 bridgehead atoms. The van der Waals surface area contributed by atoms with Crippen LogP contribution >= 0.6 is 0 Å². The van der Waals surface area contributed by atoms with Gasteiger partial charge in [-0.1, -0.05) is 51.7 Å². The fourth-order valence-corrected chi connectivity index (χ4v) is 3.19. The third-order valence-corrected chi connectivity index (χ3v) is 5.26. The van der Waals surface area contributed by atoms with Gasteiger partial charge in [-0.05, 0) is 43.5 Å². The van der Waals surface area contributed by atoms with E-state index in [2.05, 4.69) is 18.6 Å². The summed E-state index contributed by atoms with van der Waals surface area (Å²) in [6.45, 7) is 4.42. The van der Waals surface area contributed by atoms with E-state index in [1.807, 2.05) is 12.1 Å². The van der Waals surface area contributed by atoms with Crippen molar-refractivity contribution in [2.24, 2.45) is 0 Å². The molecule has 1 aromatic carbocycles. The minimum atomic E-state index is -3.32. The number of sulfonamides is 1. The second-order valence-electron chi connectivity index (χ2n) is 5.23. The van der Waals surface area contributed by atoms with E-state index in [0.29, 0.717) is 10.8 Å². The van der Waals surface area contributed by atoms with Gasteiger partial charge in [-0.25, -0.2) is 13.1 Å². The van der Waals surface area contributed by atoms with Crippen molar-refractivity contribution >= 4 is 10.0 Å². The van der Waals surface area contributed by atoms with Crippen molar-refractivity contribution in [2.45, 2.75) is 63.2 Å². The van der Waals surface area contributed by atoms with Crippen LogP contribution in [0.2, 0.25) is 0 Å². The maximum atomic E-state index is 11.7. The summed E-state index contributed by atoms with van der Waals surface area (Å²) >= 11 is 0. The van der Waals surface area contributed by atoms with Crippen LogP contribution in [0.25, 0.3) is 0 Å². The molecule has 0 spiro atoms. The summed E-state index contributed by atoms with van der Waals surface area (Å²) < 4.78 is 25.7. The van der Waals surface area contributed by atoms with Gasteiger partial charge >= 0.3 is 0 Å². The third kappa shape index (κ3) is 4.91. The summed E-state index contributed by atoms with van der Waals surface area (Å²) in [5.41, 5.74) is 1.25. The van der Waals surface area contributed by atoms with E-state index in [1.165, 1.54) is 44.7 Å². The molecule has 1 aromatic rings. The van der Waals surface area contributed by atoms with Crippen molar-refractivity contribution < 1.29 is 8.42 Å². The van der Waals surface area contributed by atoms with E-state index in [1.54, 1.807) is 12.1 Å². The molecule has 1 N–H and O–H groups in total. The number of rotatable bonds is 9.